The van der Waals surface area contributed by atoms with Gasteiger partial charge in [0.05, 0.1) is 18.3 Å². The molecule has 29 heavy (non-hydrogen) atoms. The molecule has 0 heterocycles. The first-order valence-electron chi connectivity index (χ1n) is 11.4. The maximum Gasteiger partial charge on any atom is 0.159 e. The lowest BCUT2D eigenvalue weighted by Crippen LogP contribution is -2.37. The van der Waals surface area contributed by atoms with E-state index in [1.54, 1.807) is 6.92 Å². The van der Waals surface area contributed by atoms with E-state index in [0.717, 1.165) is 32.1 Å². The van der Waals surface area contributed by atoms with Gasteiger partial charge in [0.2, 0.25) is 0 Å². The van der Waals surface area contributed by atoms with Gasteiger partial charge in [-0.15, -0.1) is 0 Å². The van der Waals surface area contributed by atoms with Crippen LogP contribution in [-0.4, -0.2) is 39.4 Å². The van der Waals surface area contributed by atoms with Crippen LogP contribution in [0.3, 0.4) is 0 Å². The average Bonchev–Trinajstić information content (AvgIpc) is 2.80. The molecule has 0 aromatic heterocycles. The second-order valence-corrected chi connectivity index (χ2v) is 10.3. The van der Waals surface area contributed by atoms with Crippen LogP contribution in [0.15, 0.2) is 34.9 Å². The van der Waals surface area contributed by atoms with Crippen molar-refractivity contribution in [2.75, 3.05) is 0 Å². The molecule has 0 radical (unpaired) electrons. The van der Waals surface area contributed by atoms with Gasteiger partial charge in [0.1, 0.15) is 0 Å². The molecular weight excluding hydrogens is 364 g/mol. The minimum Gasteiger partial charge on any atom is -0.393 e. The molecule has 4 rings (SSSR count). The third kappa shape index (κ3) is 3.68. The number of aliphatic hydroxyl groups is 3. The average molecular weight is 401 g/mol. The summed E-state index contributed by atoms with van der Waals surface area (Å²) in [6, 6.07) is 0. The van der Waals surface area contributed by atoms with Gasteiger partial charge in [-0.25, -0.2) is 0 Å². The fourth-order valence-corrected chi connectivity index (χ4v) is 6.82. The van der Waals surface area contributed by atoms with Crippen molar-refractivity contribution >= 4 is 5.78 Å². The number of aliphatic hydroxyl groups excluding tert-OH is 3. The first kappa shape index (κ1) is 21.0. The van der Waals surface area contributed by atoms with E-state index in [2.05, 4.69) is 19.9 Å². The van der Waals surface area contributed by atoms with Crippen molar-refractivity contribution in [3.8, 4) is 0 Å². The molecular formula is C25H36O4. The highest BCUT2D eigenvalue weighted by Crippen LogP contribution is 2.62. The van der Waals surface area contributed by atoms with Gasteiger partial charge in [0.15, 0.2) is 5.78 Å². The Bertz CT molecular complexity index is 761. The molecule has 0 unspecified atom stereocenters. The van der Waals surface area contributed by atoms with Gasteiger partial charge in [-0.05, 0) is 82.1 Å². The first-order valence-corrected chi connectivity index (χ1v) is 11.4. The number of hydrogen-bond donors (Lipinski definition) is 3. The molecule has 4 aliphatic rings. The topological polar surface area (TPSA) is 77.8 Å². The standard InChI is InChI=1S/C25H36O4/c1-14(10-23(28)15(2)26)21-6-7-22-20-13-24(29)17-11-16(4-5-18(27)12-17)19(20)8-9-25(21,22)3/h4,10,13,15,17-19,21-23,26-28H,5-9,11-12H2,1-3H3/t15-,17-,18-,19+,21+,22-,23-,25+/m0/s1. The molecule has 2 bridgehead atoms. The van der Waals surface area contributed by atoms with E-state index in [4.69, 9.17) is 0 Å². The van der Waals surface area contributed by atoms with Gasteiger partial charge in [-0.2, -0.15) is 0 Å². The molecule has 0 saturated heterocycles. The van der Waals surface area contributed by atoms with Crippen molar-refractivity contribution in [2.45, 2.75) is 84.0 Å². The number of ketones is 1. The van der Waals surface area contributed by atoms with E-state index in [0.29, 0.717) is 30.6 Å². The van der Waals surface area contributed by atoms with Gasteiger partial charge in [-0.3, -0.25) is 4.79 Å². The van der Waals surface area contributed by atoms with Crippen LogP contribution in [0, 0.1) is 29.1 Å². The summed E-state index contributed by atoms with van der Waals surface area (Å²) >= 11 is 0. The Morgan fingerprint density at radius 3 is 2.76 bits per heavy atom. The zero-order chi connectivity index (χ0) is 20.9. The smallest absolute Gasteiger partial charge is 0.159 e. The van der Waals surface area contributed by atoms with Gasteiger partial charge < -0.3 is 15.3 Å². The van der Waals surface area contributed by atoms with E-state index < -0.39 is 18.3 Å². The zero-order valence-electron chi connectivity index (χ0n) is 18.0. The highest BCUT2D eigenvalue weighted by Gasteiger charge is 2.53. The van der Waals surface area contributed by atoms with E-state index in [1.165, 1.54) is 16.7 Å². The largest absolute Gasteiger partial charge is 0.393 e. The van der Waals surface area contributed by atoms with Crippen LogP contribution in [0.25, 0.3) is 0 Å². The second-order valence-electron chi connectivity index (χ2n) is 10.3. The Balaban J connectivity index is 1.66. The van der Waals surface area contributed by atoms with Crippen molar-refractivity contribution < 1.29 is 20.1 Å². The summed E-state index contributed by atoms with van der Waals surface area (Å²) < 4.78 is 0. The molecule has 0 spiro atoms. The fraction of sp³-hybridized carbons (Fsp3) is 0.720. The van der Waals surface area contributed by atoms with Gasteiger partial charge in [0.25, 0.3) is 0 Å². The van der Waals surface area contributed by atoms with Gasteiger partial charge >= 0.3 is 0 Å². The second kappa shape index (κ2) is 7.79. The maximum absolute atomic E-state index is 13.0. The number of carbonyl (C=O) groups is 1. The molecule has 160 valence electrons. The third-order valence-electron chi connectivity index (χ3n) is 8.44. The number of carbonyl (C=O) groups excluding carboxylic acids is 1. The molecule has 2 fully saturated rings. The van der Waals surface area contributed by atoms with Gasteiger partial charge in [-0.1, -0.05) is 35.8 Å². The van der Waals surface area contributed by atoms with E-state index in [9.17, 15) is 20.1 Å². The predicted molar refractivity (Wildman–Crippen MR) is 113 cm³/mol. The minimum atomic E-state index is -0.827. The van der Waals surface area contributed by atoms with Crippen LogP contribution in [0.1, 0.15) is 65.7 Å². The normalized spacial score (nSPS) is 42.1. The fourth-order valence-electron chi connectivity index (χ4n) is 6.82. The first-order chi connectivity index (χ1) is 13.7. The predicted octanol–water partition coefficient (Wildman–Crippen LogP) is 3.71. The Hall–Kier alpha value is -1.23. The van der Waals surface area contributed by atoms with Crippen LogP contribution >= 0.6 is 0 Å². The number of fused-ring (bicyclic) bond motifs is 6. The Labute approximate surface area is 174 Å². The molecule has 0 aromatic rings. The van der Waals surface area contributed by atoms with Crippen molar-refractivity contribution in [1.29, 1.82) is 0 Å². The summed E-state index contributed by atoms with van der Waals surface area (Å²) in [5.74, 6) is 1.27. The number of hydrogen-bond acceptors (Lipinski definition) is 4. The lowest BCUT2D eigenvalue weighted by Gasteiger charge is -2.46. The van der Waals surface area contributed by atoms with Crippen molar-refractivity contribution in [3.63, 3.8) is 0 Å². The molecule has 4 aliphatic carbocycles. The molecule has 0 aliphatic heterocycles. The van der Waals surface area contributed by atoms with Crippen molar-refractivity contribution in [1.82, 2.24) is 0 Å². The van der Waals surface area contributed by atoms with E-state index >= 15 is 0 Å². The van der Waals surface area contributed by atoms with E-state index in [-0.39, 0.29) is 17.1 Å². The highest BCUT2D eigenvalue weighted by molar-refractivity contribution is 5.93. The summed E-state index contributed by atoms with van der Waals surface area (Å²) in [5, 5.41) is 30.0. The summed E-state index contributed by atoms with van der Waals surface area (Å²) in [5.41, 5.74) is 3.97. The summed E-state index contributed by atoms with van der Waals surface area (Å²) in [7, 11) is 0. The minimum absolute atomic E-state index is 0.0665. The zero-order valence-corrected chi connectivity index (χ0v) is 18.0. The number of rotatable bonds is 3. The van der Waals surface area contributed by atoms with Crippen molar-refractivity contribution in [3.05, 3.63) is 34.9 Å². The monoisotopic (exact) mass is 400 g/mol. The molecule has 2 saturated carbocycles. The van der Waals surface area contributed by atoms with E-state index in [1.807, 2.05) is 12.2 Å². The third-order valence-corrected chi connectivity index (χ3v) is 8.44. The SMILES string of the molecule is CC(=C[C@H](O)[C@H](C)O)[C@H]1CC[C@H]2C3=CC(=O)[C@H]4CC(=CC[C@H](O)C4)[C@H]3CC[C@]12C. The molecule has 0 aromatic carbocycles. The molecule has 0 amide bonds. The molecule has 8 atom stereocenters. The van der Waals surface area contributed by atoms with Crippen LogP contribution < -0.4 is 0 Å². The Morgan fingerprint density at radius 1 is 1.28 bits per heavy atom. The highest BCUT2D eigenvalue weighted by atomic mass is 16.3. The lowest BCUT2D eigenvalue weighted by atomic mass is 9.58. The van der Waals surface area contributed by atoms with Crippen LogP contribution in [0.5, 0.6) is 0 Å². The molecule has 4 heteroatoms. The Kier molecular flexibility index (Phi) is 5.65. The summed E-state index contributed by atoms with van der Waals surface area (Å²) in [4.78, 5) is 13.0. The van der Waals surface area contributed by atoms with Crippen LogP contribution in [0.4, 0.5) is 0 Å². The summed E-state index contributed by atoms with van der Waals surface area (Å²) in [6.07, 6.45) is 10.4. The lowest BCUT2D eigenvalue weighted by molar-refractivity contribution is -0.119. The van der Waals surface area contributed by atoms with Gasteiger partial charge in [0, 0.05) is 11.8 Å². The quantitative estimate of drug-likeness (QED) is 0.631. The molecule has 3 N–H and O–H groups in total. The van der Waals surface area contributed by atoms with Crippen LogP contribution in [-0.2, 0) is 4.79 Å². The summed E-state index contributed by atoms with van der Waals surface area (Å²) in [6.45, 7) is 6.07. The Morgan fingerprint density at radius 2 is 2.03 bits per heavy atom. The van der Waals surface area contributed by atoms with Crippen molar-refractivity contribution in [2.24, 2.45) is 29.1 Å². The number of allylic oxidation sites excluding steroid dienone is 4. The molecule has 4 nitrogen and oxygen atoms in total. The van der Waals surface area contributed by atoms with Crippen LogP contribution in [0.2, 0.25) is 0 Å². The maximum atomic E-state index is 13.0.